The van der Waals surface area contributed by atoms with Crippen molar-refractivity contribution in [3.63, 3.8) is 0 Å². The van der Waals surface area contributed by atoms with E-state index in [1.54, 1.807) is 45.9 Å². The van der Waals surface area contributed by atoms with Gasteiger partial charge in [0.1, 0.15) is 23.1 Å². The summed E-state index contributed by atoms with van der Waals surface area (Å²) in [6.45, 7) is 0.413. The molecule has 0 fully saturated rings. The van der Waals surface area contributed by atoms with Gasteiger partial charge in [0.2, 0.25) is 6.29 Å². The molecule has 6 rings (SSSR count). The molecule has 10 heteroatoms. The highest BCUT2D eigenvalue weighted by Gasteiger charge is 2.31. The molecule has 0 bridgehead atoms. The summed E-state index contributed by atoms with van der Waals surface area (Å²) >= 11 is 0. The van der Waals surface area contributed by atoms with Crippen molar-refractivity contribution in [2.75, 3.05) is 11.9 Å². The van der Waals surface area contributed by atoms with Crippen molar-refractivity contribution < 1.29 is 9.13 Å². The number of aliphatic imine (C=N–C) groups is 1. The van der Waals surface area contributed by atoms with E-state index in [1.807, 2.05) is 0 Å². The Morgan fingerprint density at radius 1 is 1.25 bits per heavy atom. The lowest BCUT2D eigenvalue weighted by molar-refractivity contribution is 0.254. The van der Waals surface area contributed by atoms with E-state index in [4.69, 9.17) is 4.74 Å². The Hall–Kier alpha value is -4.39. The van der Waals surface area contributed by atoms with E-state index < -0.39 is 12.3 Å². The van der Waals surface area contributed by atoms with E-state index in [9.17, 15) is 14.4 Å². The Kier molecular flexibility index (Phi) is 3.91. The number of rotatable bonds is 2. The molecule has 2 aliphatic rings. The zero-order valence-corrected chi connectivity index (χ0v) is 16.6. The maximum Gasteiger partial charge on any atom is 0.328 e. The summed E-state index contributed by atoms with van der Waals surface area (Å²) in [6, 6.07) is 11.3. The average molecular weight is 429 g/mol. The smallest absolute Gasteiger partial charge is 0.328 e. The minimum atomic E-state index is -0.574. The molecule has 0 saturated heterocycles. The molecule has 0 saturated carbocycles. The Bertz CT molecular complexity index is 1510. The van der Waals surface area contributed by atoms with Crippen molar-refractivity contribution in [2.45, 2.75) is 18.8 Å². The molecule has 158 valence electrons. The largest absolute Gasteiger partial charge is 0.493 e. The highest BCUT2D eigenvalue weighted by atomic mass is 19.1. The summed E-state index contributed by atoms with van der Waals surface area (Å²) < 4.78 is 23.0. The second-order valence-corrected chi connectivity index (χ2v) is 7.66. The summed E-state index contributed by atoms with van der Waals surface area (Å²) in [6.07, 6.45) is 3.18. The number of ether oxygens (including phenoxy) is 1. The van der Waals surface area contributed by atoms with E-state index in [1.165, 1.54) is 12.1 Å². The van der Waals surface area contributed by atoms with Gasteiger partial charge < -0.3 is 15.0 Å². The number of hydrogen-bond acceptors (Lipinski definition) is 6. The summed E-state index contributed by atoms with van der Waals surface area (Å²) in [7, 11) is 0. The van der Waals surface area contributed by atoms with Gasteiger partial charge >= 0.3 is 5.69 Å². The second-order valence-electron chi connectivity index (χ2n) is 7.66. The minimum Gasteiger partial charge on any atom is -0.493 e. The Morgan fingerprint density at radius 2 is 2.16 bits per heavy atom. The van der Waals surface area contributed by atoms with Crippen LogP contribution in [-0.2, 0) is 0 Å². The number of imidazole rings is 2. The van der Waals surface area contributed by atoms with Crippen molar-refractivity contribution in [3.05, 3.63) is 75.8 Å². The molecule has 0 amide bonds. The van der Waals surface area contributed by atoms with Gasteiger partial charge in [-0.3, -0.25) is 9.13 Å². The molecule has 2 atom stereocenters. The van der Waals surface area contributed by atoms with Gasteiger partial charge in [-0.2, -0.15) is 5.26 Å². The third-order valence-corrected chi connectivity index (χ3v) is 5.83. The number of hydrogen-bond donors (Lipinski definition) is 2. The average Bonchev–Trinajstić information content (AvgIpc) is 3.37. The Labute approximate surface area is 180 Å². The summed E-state index contributed by atoms with van der Waals surface area (Å²) in [4.78, 5) is 24.6. The first-order valence-electron chi connectivity index (χ1n) is 10.1. The molecule has 2 N–H and O–H groups in total. The van der Waals surface area contributed by atoms with Gasteiger partial charge in [-0.1, -0.05) is 0 Å². The van der Waals surface area contributed by atoms with Gasteiger partial charge in [-0.05, 0) is 36.4 Å². The van der Waals surface area contributed by atoms with Gasteiger partial charge in [-0.15, -0.1) is 0 Å². The van der Waals surface area contributed by atoms with Crippen LogP contribution >= 0.6 is 0 Å². The maximum absolute atomic E-state index is 14.0. The van der Waals surface area contributed by atoms with Crippen LogP contribution in [0.4, 0.5) is 10.2 Å². The topological polar surface area (TPSA) is 113 Å². The van der Waals surface area contributed by atoms with Crippen LogP contribution in [0.1, 0.15) is 35.6 Å². The van der Waals surface area contributed by atoms with Crippen molar-refractivity contribution >= 4 is 23.1 Å². The van der Waals surface area contributed by atoms with Gasteiger partial charge in [-0.25, -0.2) is 19.2 Å². The molecule has 2 aromatic carbocycles. The number of benzene rings is 2. The third-order valence-electron chi connectivity index (χ3n) is 5.83. The number of nitriles is 1. The first-order chi connectivity index (χ1) is 15.6. The zero-order valence-electron chi connectivity index (χ0n) is 16.6. The van der Waals surface area contributed by atoms with Crippen LogP contribution in [0.5, 0.6) is 5.75 Å². The predicted octanol–water partition coefficient (Wildman–Crippen LogP) is 2.91. The fourth-order valence-electron chi connectivity index (χ4n) is 4.36. The van der Waals surface area contributed by atoms with E-state index in [0.29, 0.717) is 41.4 Å². The number of aromatic amines is 1. The molecule has 2 aromatic heterocycles. The minimum absolute atomic E-state index is 0.320. The van der Waals surface area contributed by atoms with Gasteiger partial charge in [0.05, 0.1) is 47.9 Å². The van der Waals surface area contributed by atoms with Crippen LogP contribution in [0.15, 0.2) is 52.5 Å². The number of fused-ring (bicyclic) bond motifs is 3. The lowest BCUT2D eigenvalue weighted by Gasteiger charge is -2.29. The molecule has 0 radical (unpaired) electrons. The SMILES string of the molecule is N#Cc1ccc2ncn(C3N=Cc4[nH]c(=O)n([C@@H]5CCOc6ccc(F)cc65)c4N3)c2c1. The molecule has 9 nitrogen and oxygen atoms in total. The highest BCUT2D eigenvalue weighted by molar-refractivity contribution is 5.86. The lowest BCUT2D eigenvalue weighted by atomic mass is 10.00. The molecular formula is C22H16FN7O2. The second kappa shape index (κ2) is 6.81. The van der Waals surface area contributed by atoms with Crippen LogP contribution in [-0.4, -0.2) is 31.9 Å². The van der Waals surface area contributed by atoms with E-state index in [2.05, 4.69) is 26.3 Å². The predicted molar refractivity (Wildman–Crippen MR) is 114 cm³/mol. The quantitative estimate of drug-likeness (QED) is 0.509. The first kappa shape index (κ1) is 18.4. The summed E-state index contributed by atoms with van der Waals surface area (Å²) in [5.41, 5.74) is 2.82. The standard InChI is InChI=1S/C22H16FN7O2/c23-13-2-4-19-14(8-13)17(5-6-32-19)30-20-16(27-22(30)31)10-25-21(28-20)29-11-26-15-3-1-12(9-24)7-18(15)29/h1-4,7-8,10-11,17,21,28H,5-6H2,(H,27,31)/t17-,21?/m1/s1. The number of nitrogens with zero attached hydrogens (tertiary/aromatic N) is 5. The van der Waals surface area contributed by atoms with Gasteiger partial charge in [0, 0.05) is 12.0 Å². The van der Waals surface area contributed by atoms with Crippen LogP contribution in [0, 0.1) is 17.1 Å². The zero-order chi connectivity index (χ0) is 21.8. The molecular weight excluding hydrogens is 413 g/mol. The van der Waals surface area contributed by atoms with Gasteiger partial charge in [0.25, 0.3) is 0 Å². The normalized spacial score (nSPS) is 19.0. The number of halogens is 1. The molecule has 2 aliphatic heterocycles. The first-order valence-corrected chi connectivity index (χ1v) is 10.1. The van der Waals surface area contributed by atoms with Gasteiger partial charge in [0.15, 0.2) is 0 Å². The lowest BCUT2D eigenvalue weighted by Crippen LogP contribution is -2.30. The molecule has 4 heterocycles. The van der Waals surface area contributed by atoms with Crippen molar-refractivity contribution in [1.29, 1.82) is 5.26 Å². The number of anilines is 1. The van der Waals surface area contributed by atoms with E-state index >= 15 is 0 Å². The Balaban J connectivity index is 1.44. The van der Waals surface area contributed by atoms with Crippen LogP contribution in [0.25, 0.3) is 11.0 Å². The van der Waals surface area contributed by atoms with Crippen molar-refractivity contribution in [1.82, 2.24) is 19.1 Å². The number of H-pyrrole nitrogens is 1. The van der Waals surface area contributed by atoms with Crippen LogP contribution in [0.3, 0.4) is 0 Å². The Morgan fingerprint density at radius 3 is 3.03 bits per heavy atom. The van der Waals surface area contributed by atoms with E-state index in [-0.39, 0.29) is 11.5 Å². The molecule has 4 aromatic rings. The maximum atomic E-state index is 14.0. The highest BCUT2D eigenvalue weighted by Crippen LogP contribution is 2.37. The summed E-state index contributed by atoms with van der Waals surface area (Å²) in [5, 5.41) is 12.5. The number of aromatic nitrogens is 4. The monoisotopic (exact) mass is 429 g/mol. The fourth-order valence-corrected chi connectivity index (χ4v) is 4.36. The molecule has 32 heavy (non-hydrogen) atoms. The van der Waals surface area contributed by atoms with E-state index in [0.717, 1.165) is 11.0 Å². The molecule has 1 unspecified atom stereocenters. The molecule has 0 spiro atoms. The third kappa shape index (κ3) is 2.71. The number of nitrogens with one attached hydrogen (secondary N) is 2. The van der Waals surface area contributed by atoms with Crippen LogP contribution in [0.2, 0.25) is 0 Å². The van der Waals surface area contributed by atoms with Crippen LogP contribution < -0.4 is 15.7 Å². The molecule has 0 aliphatic carbocycles. The van der Waals surface area contributed by atoms with Crippen molar-refractivity contribution in [2.24, 2.45) is 4.99 Å². The summed E-state index contributed by atoms with van der Waals surface area (Å²) in [5.74, 6) is 0.729. The fraction of sp³-hybridized carbons (Fsp3) is 0.182. The van der Waals surface area contributed by atoms with Crippen molar-refractivity contribution in [3.8, 4) is 11.8 Å².